The van der Waals surface area contributed by atoms with E-state index in [1.807, 2.05) is 7.05 Å². The van der Waals surface area contributed by atoms with Crippen LogP contribution >= 0.6 is 0 Å². The molecule has 0 saturated heterocycles. The largest absolute Gasteiger partial charge is 0.349 e. The number of anilines is 2. The summed E-state index contributed by atoms with van der Waals surface area (Å²) in [4.78, 5) is 4.77. The Morgan fingerprint density at radius 2 is 1.52 bits per heavy atom. The molecular weight excluding hydrogens is 356 g/mol. The maximum Gasteiger partial charge on any atom is 0.244 e. The van der Waals surface area contributed by atoms with Crippen molar-refractivity contribution in [2.45, 2.75) is 20.0 Å². The Morgan fingerprint density at radius 1 is 0.828 bits per heavy atom. The molecule has 0 bridgehead atoms. The predicted molar refractivity (Wildman–Crippen MR) is 119 cm³/mol. The first-order valence-electron chi connectivity index (χ1n) is 10.0. The van der Waals surface area contributed by atoms with Gasteiger partial charge in [-0.25, -0.2) is 0 Å². The molecule has 0 radical (unpaired) electrons. The van der Waals surface area contributed by atoms with E-state index in [1.54, 1.807) is 0 Å². The second kappa shape index (κ2) is 6.38. The summed E-state index contributed by atoms with van der Waals surface area (Å²) in [5.74, 6) is 0. The molecule has 29 heavy (non-hydrogen) atoms. The Kier molecular flexibility index (Phi) is 3.91. The summed E-state index contributed by atoms with van der Waals surface area (Å²) in [6.45, 7) is 4.42. The molecule has 0 spiro atoms. The monoisotopic (exact) mass is 382 g/mol. The molecule has 4 nitrogen and oxygen atoms in total. The molecule has 0 saturated carbocycles. The van der Waals surface area contributed by atoms with E-state index in [-0.39, 0.29) is 6.17 Å². The molecular formula is C25H26N4. The maximum absolute atomic E-state index is 3.45. The third kappa shape index (κ3) is 2.55. The fourth-order valence-corrected chi connectivity index (χ4v) is 4.77. The van der Waals surface area contributed by atoms with Gasteiger partial charge < -0.3 is 18.9 Å². The molecule has 0 N–H and O–H groups in total. The van der Waals surface area contributed by atoms with Gasteiger partial charge in [-0.2, -0.15) is 0 Å². The van der Waals surface area contributed by atoms with Crippen molar-refractivity contribution in [2.24, 2.45) is 7.05 Å². The number of benzene rings is 3. The number of rotatable bonds is 2. The molecule has 0 amide bonds. The molecule has 1 aromatic heterocycles. The minimum atomic E-state index is 0.197. The Hall–Kier alpha value is -3.27. The molecule has 4 heteroatoms. The number of para-hydroxylation sites is 2. The zero-order valence-corrected chi connectivity index (χ0v) is 17.6. The minimum absolute atomic E-state index is 0.197. The molecule has 3 aromatic carbocycles. The topological polar surface area (TPSA) is 15.3 Å². The van der Waals surface area contributed by atoms with Crippen LogP contribution in [0.15, 0.2) is 60.7 Å². The lowest BCUT2D eigenvalue weighted by molar-refractivity contribution is -0.649. The Balaban J connectivity index is 1.63. The number of hydrogen-bond acceptors (Lipinski definition) is 2. The minimum Gasteiger partial charge on any atom is -0.349 e. The van der Waals surface area contributed by atoms with Crippen molar-refractivity contribution in [2.75, 3.05) is 23.9 Å². The van der Waals surface area contributed by atoms with Crippen molar-refractivity contribution in [3.8, 4) is 5.69 Å². The summed E-state index contributed by atoms with van der Waals surface area (Å²) in [6.07, 6.45) is 3.65. The van der Waals surface area contributed by atoms with Crippen LogP contribution in [0.3, 0.4) is 0 Å². The maximum atomic E-state index is 3.45. The van der Waals surface area contributed by atoms with E-state index in [0.717, 1.165) is 11.2 Å². The van der Waals surface area contributed by atoms with Crippen LogP contribution in [0.2, 0.25) is 0 Å². The van der Waals surface area contributed by atoms with Gasteiger partial charge in [0.1, 0.15) is 6.17 Å². The van der Waals surface area contributed by atoms with Gasteiger partial charge in [-0.15, -0.1) is 0 Å². The van der Waals surface area contributed by atoms with Gasteiger partial charge in [0, 0.05) is 19.7 Å². The van der Waals surface area contributed by atoms with Crippen LogP contribution in [-0.4, -0.2) is 18.7 Å². The number of fused-ring (bicyclic) bond motifs is 2. The van der Waals surface area contributed by atoms with Gasteiger partial charge in [0.25, 0.3) is 0 Å². The predicted octanol–water partition coefficient (Wildman–Crippen LogP) is 4.46. The second-order valence-electron chi connectivity index (χ2n) is 8.06. The molecule has 1 aliphatic heterocycles. The van der Waals surface area contributed by atoms with Crippen LogP contribution < -0.4 is 14.4 Å². The van der Waals surface area contributed by atoms with Crippen molar-refractivity contribution in [3.63, 3.8) is 0 Å². The van der Waals surface area contributed by atoms with Gasteiger partial charge >= 0.3 is 0 Å². The molecule has 0 aliphatic carbocycles. The van der Waals surface area contributed by atoms with Crippen LogP contribution in [0.25, 0.3) is 16.7 Å². The number of nitrogens with zero attached hydrogens (tertiary/aromatic N) is 4. The van der Waals surface area contributed by atoms with Crippen molar-refractivity contribution in [1.82, 2.24) is 4.57 Å². The molecule has 0 fully saturated rings. The standard InChI is InChI=1S/C25H26N4/c1-17-9-8-10-18(2)24(17)25-27(4)21-14-13-19(15-23(21)28(25)5)29-16-26(3)20-11-6-7-12-22(20)29/h6-15,25H,1-5H3. The van der Waals surface area contributed by atoms with Crippen LogP contribution in [0.5, 0.6) is 0 Å². The quantitative estimate of drug-likeness (QED) is 0.376. The molecule has 4 aromatic rings. The zero-order chi connectivity index (χ0) is 20.3. The Labute approximate surface area is 172 Å². The van der Waals surface area contributed by atoms with E-state index < -0.39 is 0 Å². The van der Waals surface area contributed by atoms with E-state index in [1.165, 1.54) is 33.6 Å². The van der Waals surface area contributed by atoms with Crippen LogP contribution in [-0.2, 0) is 7.05 Å². The number of hydrogen-bond donors (Lipinski definition) is 0. The van der Waals surface area contributed by atoms with Crippen molar-refractivity contribution in [3.05, 3.63) is 83.7 Å². The fraction of sp³-hybridized carbons (Fsp3) is 0.240. The highest BCUT2D eigenvalue weighted by molar-refractivity contribution is 5.81. The first-order chi connectivity index (χ1) is 14.0. The summed E-state index contributed by atoms with van der Waals surface area (Å²) < 4.78 is 4.20. The number of imidazole rings is 1. The molecule has 146 valence electrons. The van der Waals surface area contributed by atoms with E-state index in [4.69, 9.17) is 0 Å². The van der Waals surface area contributed by atoms with Gasteiger partial charge in [0.05, 0.1) is 35.1 Å². The Morgan fingerprint density at radius 3 is 2.28 bits per heavy atom. The van der Waals surface area contributed by atoms with Crippen molar-refractivity contribution in [1.29, 1.82) is 0 Å². The summed E-state index contributed by atoms with van der Waals surface area (Å²) in [6, 6.07) is 21.7. The van der Waals surface area contributed by atoms with Gasteiger partial charge in [-0.05, 0) is 37.1 Å². The summed E-state index contributed by atoms with van der Waals surface area (Å²) >= 11 is 0. The first kappa shape index (κ1) is 17.8. The highest BCUT2D eigenvalue weighted by atomic mass is 15.4. The summed E-state index contributed by atoms with van der Waals surface area (Å²) in [5.41, 5.74) is 10.0. The number of aromatic nitrogens is 2. The highest BCUT2D eigenvalue weighted by Crippen LogP contribution is 2.46. The van der Waals surface area contributed by atoms with Crippen molar-refractivity contribution < 1.29 is 4.57 Å². The molecule has 2 heterocycles. The van der Waals surface area contributed by atoms with Gasteiger partial charge in [0.15, 0.2) is 0 Å². The highest BCUT2D eigenvalue weighted by Gasteiger charge is 2.34. The molecule has 5 rings (SSSR count). The van der Waals surface area contributed by atoms with E-state index in [0.29, 0.717) is 0 Å². The van der Waals surface area contributed by atoms with Crippen LogP contribution in [0.4, 0.5) is 11.4 Å². The lowest BCUT2D eigenvalue weighted by Crippen LogP contribution is -2.31. The summed E-state index contributed by atoms with van der Waals surface area (Å²) in [5, 5.41) is 0. The van der Waals surface area contributed by atoms with Gasteiger partial charge in [-0.1, -0.05) is 48.5 Å². The third-order valence-electron chi connectivity index (χ3n) is 6.25. The van der Waals surface area contributed by atoms with Crippen LogP contribution in [0.1, 0.15) is 22.9 Å². The first-order valence-corrected chi connectivity index (χ1v) is 10.0. The normalized spacial score (nSPS) is 16.0. The summed E-state index contributed by atoms with van der Waals surface area (Å²) in [7, 11) is 6.43. The Bertz CT molecular complexity index is 1220. The number of aryl methyl sites for hydroxylation is 3. The van der Waals surface area contributed by atoms with E-state index >= 15 is 0 Å². The van der Waals surface area contributed by atoms with Crippen molar-refractivity contribution >= 4 is 22.4 Å². The average Bonchev–Trinajstić information content (AvgIpc) is 3.18. The molecule has 1 unspecified atom stereocenters. The van der Waals surface area contributed by atoms with E-state index in [2.05, 4.69) is 114 Å². The average molecular weight is 383 g/mol. The van der Waals surface area contributed by atoms with E-state index in [9.17, 15) is 0 Å². The smallest absolute Gasteiger partial charge is 0.244 e. The zero-order valence-electron chi connectivity index (χ0n) is 17.6. The van der Waals surface area contributed by atoms with Gasteiger partial charge in [-0.3, -0.25) is 0 Å². The second-order valence-corrected chi connectivity index (χ2v) is 8.06. The lowest BCUT2D eigenvalue weighted by Gasteiger charge is -2.31. The fourth-order valence-electron chi connectivity index (χ4n) is 4.77. The van der Waals surface area contributed by atoms with Gasteiger partial charge in [0.2, 0.25) is 6.33 Å². The molecule has 1 aliphatic rings. The molecule has 1 atom stereocenters. The van der Waals surface area contributed by atoms with Crippen LogP contribution in [0, 0.1) is 20.2 Å². The third-order valence-corrected chi connectivity index (χ3v) is 6.25. The lowest BCUT2D eigenvalue weighted by atomic mass is 9.99. The SMILES string of the molecule is Cc1cccc(C)c1C1N(C)c2ccc(-n3[c-][n+](C)c4ccccc43)cc2N1C.